The zero-order valence-corrected chi connectivity index (χ0v) is 13.2. The van der Waals surface area contributed by atoms with E-state index < -0.39 is 10.0 Å². The number of nitrogens with two attached hydrogens (primary N) is 1. The van der Waals surface area contributed by atoms with Crippen molar-refractivity contribution in [1.29, 1.82) is 0 Å². The number of rotatable bonds is 7. The molecule has 0 saturated carbocycles. The van der Waals surface area contributed by atoms with Crippen LogP contribution >= 0.6 is 15.9 Å². The fourth-order valence-corrected chi connectivity index (χ4v) is 2.96. The number of hydrogen-bond donors (Lipinski definition) is 2. The molecule has 0 radical (unpaired) electrons. The highest BCUT2D eigenvalue weighted by Gasteiger charge is 2.13. The monoisotopic (exact) mass is 366 g/mol. The van der Waals surface area contributed by atoms with Crippen molar-refractivity contribution in [3.05, 3.63) is 22.7 Å². The molecule has 1 rings (SSSR count). The summed E-state index contributed by atoms with van der Waals surface area (Å²) in [6, 6.07) is 4.20. The van der Waals surface area contributed by atoms with E-state index in [0.717, 1.165) is 0 Å². The molecule has 0 aliphatic heterocycles. The summed E-state index contributed by atoms with van der Waals surface area (Å²) in [5, 5.41) is 7.59. The molecule has 1 aromatic rings. The number of nitrogens with one attached hydrogen (secondary N) is 1. The summed E-state index contributed by atoms with van der Waals surface area (Å²) in [4.78, 5) is 11.5. The molecule has 9 heteroatoms. The van der Waals surface area contributed by atoms with Gasteiger partial charge in [-0.15, -0.1) is 0 Å². The minimum atomic E-state index is -3.80. The Morgan fingerprint density at radius 2 is 2.10 bits per heavy atom. The van der Waals surface area contributed by atoms with Gasteiger partial charge in [-0.25, -0.2) is 13.6 Å². The Bertz CT molecular complexity index is 576. The maximum Gasteiger partial charge on any atom is 0.250 e. The molecule has 0 saturated heterocycles. The second-order valence-corrected chi connectivity index (χ2v) is 6.17. The normalized spacial score (nSPS) is 11.3. The largest absolute Gasteiger partial charge is 0.382 e. The predicted octanol–water partition coefficient (Wildman–Crippen LogP) is 0.698. The first-order valence-electron chi connectivity index (χ1n) is 5.53. The van der Waals surface area contributed by atoms with Gasteiger partial charge in [0, 0.05) is 17.3 Å². The molecule has 112 valence electrons. The standard InChI is InChI=1S/C11H15BrN2O5S/c1-18-4-5-19-7-11(15)14-8-2-3-10(9(12)6-8)20(13,16)17/h2-3,6H,4-5,7H2,1H3,(H,14,15)(H2,13,16,17). The van der Waals surface area contributed by atoms with E-state index in [2.05, 4.69) is 21.2 Å². The molecule has 7 nitrogen and oxygen atoms in total. The highest BCUT2D eigenvalue weighted by molar-refractivity contribution is 9.10. The minimum Gasteiger partial charge on any atom is -0.382 e. The van der Waals surface area contributed by atoms with Crippen LogP contribution in [-0.2, 0) is 24.3 Å². The first-order chi connectivity index (χ1) is 9.34. The highest BCUT2D eigenvalue weighted by Crippen LogP contribution is 2.24. The molecule has 3 N–H and O–H groups in total. The maximum absolute atomic E-state index is 11.5. The Balaban J connectivity index is 2.61. The Morgan fingerprint density at radius 1 is 1.40 bits per heavy atom. The van der Waals surface area contributed by atoms with Crippen molar-refractivity contribution in [2.75, 3.05) is 32.2 Å². The third kappa shape index (κ3) is 5.55. The number of amides is 1. The van der Waals surface area contributed by atoms with Crippen molar-refractivity contribution >= 4 is 37.5 Å². The maximum atomic E-state index is 11.5. The molecule has 0 spiro atoms. The number of primary sulfonamides is 1. The van der Waals surface area contributed by atoms with Crippen molar-refractivity contribution in [2.45, 2.75) is 4.90 Å². The van der Waals surface area contributed by atoms with Crippen LogP contribution in [0.3, 0.4) is 0 Å². The number of benzene rings is 1. The van der Waals surface area contributed by atoms with Crippen LogP contribution in [-0.4, -0.2) is 41.3 Å². The average molecular weight is 367 g/mol. The van der Waals surface area contributed by atoms with Gasteiger partial charge in [-0.05, 0) is 34.1 Å². The van der Waals surface area contributed by atoms with E-state index in [9.17, 15) is 13.2 Å². The summed E-state index contributed by atoms with van der Waals surface area (Å²) in [5.74, 6) is -0.351. The Kier molecular flexibility index (Phi) is 6.56. The van der Waals surface area contributed by atoms with Gasteiger partial charge in [0.15, 0.2) is 0 Å². The lowest BCUT2D eigenvalue weighted by Gasteiger charge is -2.08. The van der Waals surface area contributed by atoms with Crippen molar-refractivity contribution in [3.63, 3.8) is 0 Å². The number of sulfonamides is 1. The lowest BCUT2D eigenvalue weighted by molar-refractivity contribution is -0.121. The van der Waals surface area contributed by atoms with Crippen LogP contribution < -0.4 is 10.5 Å². The van der Waals surface area contributed by atoms with Crippen molar-refractivity contribution in [1.82, 2.24) is 0 Å². The van der Waals surface area contributed by atoms with Crippen LogP contribution in [0.5, 0.6) is 0 Å². The molecule has 1 aromatic carbocycles. The average Bonchev–Trinajstić information content (AvgIpc) is 2.33. The van der Waals surface area contributed by atoms with Gasteiger partial charge in [0.1, 0.15) is 6.61 Å². The van der Waals surface area contributed by atoms with Gasteiger partial charge >= 0.3 is 0 Å². The lowest BCUT2D eigenvalue weighted by Crippen LogP contribution is -2.20. The highest BCUT2D eigenvalue weighted by atomic mass is 79.9. The number of halogens is 1. The number of hydrogen-bond acceptors (Lipinski definition) is 5. The Labute approximate surface area is 125 Å². The number of anilines is 1. The smallest absolute Gasteiger partial charge is 0.250 e. The number of carbonyl (C=O) groups is 1. The summed E-state index contributed by atoms with van der Waals surface area (Å²) in [7, 11) is -2.26. The second kappa shape index (κ2) is 7.70. The molecular weight excluding hydrogens is 352 g/mol. The summed E-state index contributed by atoms with van der Waals surface area (Å²) in [6.45, 7) is 0.609. The first-order valence-corrected chi connectivity index (χ1v) is 7.87. The molecule has 20 heavy (non-hydrogen) atoms. The van der Waals surface area contributed by atoms with Gasteiger partial charge in [-0.2, -0.15) is 0 Å². The van der Waals surface area contributed by atoms with E-state index >= 15 is 0 Å². The van der Waals surface area contributed by atoms with Crippen LogP contribution in [0, 0.1) is 0 Å². The summed E-state index contributed by atoms with van der Waals surface area (Å²) >= 11 is 3.09. The zero-order valence-electron chi connectivity index (χ0n) is 10.8. The Hall–Kier alpha value is -1.00. The quantitative estimate of drug-likeness (QED) is 0.690. The van der Waals surface area contributed by atoms with Crippen molar-refractivity contribution in [3.8, 4) is 0 Å². The first kappa shape index (κ1) is 17.1. The number of methoxy groups -OCH3 is 1. The lowest BCUT2D eigenvalue weighted by atomic mass is 10.3. The third-order valence-electron chi connectivity index (χ3n) is 2.19. The minimum absolute atomic E-state index is 0.0492. The predicted molar refractivity (Wildman–Crippen MR) is 76.8 cm³/mol. The van der Waals surface area contributed by atoms with Gasteiger partial charge in [-0.3, -0.25) is 4.79 Å². The summed E-state index contributed by atoms with van der Waals surface area (Å²) in [6.07, 6.45) is 0. The van der Waals surface area contributed by atoms with Gasteiger partial charge in [0.2, 0.25) is 15.9 Å². The van der Waals surface area contributed by atoms with Gasteiger partial charge in [-0.1, -0.05) is 0 Å². The molecule has 0 atom stereocenters. The van der Waals surface area contributed by atoms with Crippen LogP contribution in [0.2, 0.25) is 0 Å². The molecule has 0 aliphatic carbocycles. The van der Waals surface area contributed by atoms with E-state index in [1.54, 1.807) is 0 Å². The summed E-state index contributed by atoms with van der Waals surface area (Å²) < 4.78 is 32.5. The van der Waals surface area contributed by atoms with E-state index in [-0.39, 0.29) is 21.9 Å². The topological polar surface area (TPSA) is 108 Å². The summed E-state index contributed by atoms with van der Waals surface area (Å²) in [5.41, 5.74) is 0.435. The third-order valence-corrected chi connectivity index (χ3v) is 4.07. The van der Waals surface area contributed by atoms with E-state index in [0.29, 0.717) is 18.9 Å². The fourth-order valence-electron chi connectivity index (χ4n) is 1.31. The van der Waals surface area contributed by atoms with Gasteiger partial charge in [0.25, 0.3) is 0 Å². The van der Waals surface area contributed by atoms with Gasteiger partial charge in [0.05, 0.1) is 18.1 Å². The van der Waals surface area contributed by atoms with Crippen LogP contribution in [0.4, 0.5) is 5.69 Å². The van der Waals surface area contributed by atoms with Crippen LogP contribution in [0.15, 0.2) is 27.6 Å². The molecule has 1 amide bonds. The molecule has 0 heterocycles. The fraction of sp³-hybridized carbons (Fsp3) is 0.364. The molecule has 0 bridgehead atoms. The number of carbonyl (C=O) groups excluding carboxylic acids is 1. The van der Waals surface area contributed by atoms with Crippen LogP contribution in [0.1, 0.15) is 0 Å². The molecular formula is C11H15BrN2O5S. The molecule has 0 unspecified atom stereocenters. The second-order valence-electron chi connectivity index (χ2n) is 3.78. The molecule has 0 aliphatic rings. The van der Waals surface area contributed by atoms with Crippen molar-refractivity contribution in [2.24, 2.45) is 5.14 Å². The van der Waals surface area contributed by atoms with E-state index in [4.69, 9.17) is 14.6 Å². The van der Waals surface area contributed by atoms with E-state index in [1.807, 2.05) is 0 Å². The molecule has 0 aromatic heterocycles. The number of ether oxygens (including phenoxy) is 2. The van der Waals surface area contributed by atoms with Gasteiger partial charge < -0.3 is 14.8 Å². The van der Waals surface area contributed by atoms with E-state index in [1.165, 1.54) is 25.3 Å². The van der Waals surface area contributed by atoms with Crippen molar-refractivity contribution < 1.29 is 22.7 Å². The Morgan fingerprint density at radius 3 is 2.65 bits per heavy atom. The molecule has 0 fully saturated rings. The zero-order chi connectivity index (χ0) is 15.2. The SMILES string of the molecule is COCCOCC(=O)Nc1ccc(S(N)(=O)=O)c(Br)c1. The van der Waals surface area contributed by atoms with Crippen LogP contribution in [0.25, 0.3) is 0 Å².